The summed E-state index contributed by atoms with van der Waals surface area (Å²) in [7, 11) is 0. The minimum atomic E-state index is 0.270. The van der Waals surface area contributed by atoms with Crippen LogP contribution in [0.3, 0.4) is 0 Å². The number of hydrogen-bond acceptors (Lipinski definition) is 2. The molecule has 2 N–H and O–H groups in total. The molecule has 0 aliphatic heterocycles. The first kappa shape index (κ1) is 12.1. The van der Waals surface area contributed by atoms with Gasteiger partial charge in [0.1, 0.15) is 5.75 Å². The van der Waals surface area contributed by atoms with Crippen molar-refractivity contribution in [3.05, 3.63) is 29.3 Å². The van der Waals surface area contributed by atoms with Crippen LogP contribution in [0.15, 0.2) is 18.2 Å². The number of aryl methyl sites for hydroxylation is 2. The summed E-state index contributed by atoms with van der Waals surface area (Å²) >= 11 is 0. The highest BCUT2D eigenvalue weighted by Gasteiger charge is 2.02. The highest BCUT2D eigenvalue weighted by atomic mass is 16.5. The van der Waals surface area contributed by atoms with Crippen LogP contribution < -0.4 is 10.5 Å². The third-order valence-electron chi connectivity index (χ3n) is 2.46. The van der Waals surface area contributed by atoms with Gasteiger partial charge in [-0.05, 0) is 44.7 Å². The maximum Gasteiger partial charge on any atom is 0.125 e. The largest absolute Gasteiger partial charge is 0.493 e. The number of rotatable bonds is 5. The molecule has 0 aliphatic rings. The molecule has 1 aromatic carbocycles. The van der Waals surface area contributed by atoms with Gasteiger partial charge in [0.15, 0.2) is 0 Å². The van der Waals surface area contributed by atoms with Crippen molar-refractivity contribution in [3.63, 3.8) is 0 Å². The first-order valence-corrected chi connectivity index (χ1v) is 5.56. The highest BCUT2D eigenvalue weighted by molar-refractivity contribution is 5.39. The van der Waals surface area contributed by atoms with Crippen LogP contribution in [0.5, 0.6) is 5.75 Å². The van der Waals surface area contributed by atoms with Crippen LogP contribution in [0.2, 0.25) is 0 Å². The van der Waals surface area contributed by atoms with E-state index in [1.165, 1.54) is 11.1 Å². The highest BCUT2D eigenvalue weighted by Crippen LogP contribution is 2.22. The second kappa shape index (κ2) is 5.76. The summed E-state index contributed by atoms with van der Waals surface area (Å²) in [5.74, 6) is 1.03. The number of nitrogens with two attached hydrogens (primary N) is 1. The summed E-state index contributed by atoms with van der Waals surface area (Å²) in [5, 5.41) is 0. The van der Waals surface area contributed by atoms with E-state index in [9.17, 15) is 0 Å². The molecular formula is C13H21NO. The molecule has 0 radical (unpaired) electrons. The maximum atomic E-state index is 5.76. The quantitative estimate of drug-likeness (QED) is 0.753. The SMILES string of the molecule is Cc1cccc(C)c1OCCCC(C)N. The monoisotopic (exact) mass is 207 g/mol. The van der Waals surface area contributed by atoms with Crippen LogP contribution in [-0.4, -0.2) is 12.6 Å². The van der Waals surface area contributed by atoms with Gasteiger partial charge in [0.2, 0.25) is 0 Å². The molecule has 0 amide bonds. The van der Waals surface area contributed by atoms with Crippen molar-refractivity contribution in [2.45, 2.75) is 39.7 Å². The van der Waals surface area contributed by atoms with E-state index in [-0.39, 0.29) is 6.04 Å². The second-order valence-electron chi connectivity index (χ2n) is 4.19. The Balaban J connectivity index is 2.43. The Morgan fingerprint density at radius 3 is 2.40 bits per heavy atom. The van der Waals surface area contributed by atoms with Crippen molar-refractivity contribution in [2.75, 3.05) is 6.61 Å². The summed E-state index contributed by atoms with van der Waals surface area (Å²) in [6, 6.07) is 6.48. The van der Waals surface area contributed by atoms with Crippen LogP contribution in [0.4, 0.5) is 0 Å². The average Bonchev–Trinajstić information content (AvgIpc) is 2.15. The molecule has 1 aromatic rings. The molecule has 0 aliphatic carbocycles. The van der Waals surface area contributed by atoms with E-state index in [4.69, 9.17) is 10.5 Å². The summed E-state index contributed by atoms with van der Waals surface area (Å²) < 4.78 is 5.76. The zero-order valence-corrected chi connectivity index (χ0v) is 9.92. The fraction of sp³-hybridized carbons (Fsp3) is 0.538. The molecule has 0 saturated heterocycles. The minimum absolute atomic E-state index is 0.270. The first-order chi connectivity index (χ1) is 7.11. The molecule has 0 bridgehead atoms. The first-order valence-electron chi connectivity index (χ1n) is 5.56. The van der Waals surface area contributed by atoms with E-state index in [0.717, 1.165) is 25.2 Å². The molecule has 0 aromatic heterocycles. The van der Waals surface area contributed by atoms with Crippen molar-refractivity contribution in [1.82, 2.24) is 0 Å². The molecule has 0 heterocycles. The van der Waals surface area contributed by atoms with Crippen LogP contribution in [0.1, 0.15) is 30.9 Å². The lowest BCUT2D eigenvalue weighted by Gasteiger charge is -2.12. The smallest absolute Gasteiger partial charge is 0.125 e. The molecule has 2 nitrogen and oxygen atoms in total. The van der Waals surface area contributed by atoms with E-state index in [1.807, 2.05) is 6.92 Å². The van der Waals surface area contributed by atoms with E-state index in [0.29, 0.717) is 0 Å². The van der Waals surface area contributed by atoms with E-state index >= 15 is 0 Å². The third kappa shape index (κ3) is 3.92. The molecule has 0 spiro atoms. The Morgan fingerprint density at radius 2 is 1.87 bits per heavy atom. The Hall–Kier alpha value is -1.02. The van der Waals surface area contributed by atoms with E-state index in [2.05, 4.69) is 32.0 Å². The van der Waals surface area contributed by atoms with Gasteiger partial charge in [0, 0.05) is 6.04 Å². The number of hydrogen-bond donors (Lipinski definition) is 1. The Kier molecular flexibility index (Phi) is 4.63. The van der Waals surface area contributed by atoms with Crippen molar-refractivity contribution in [1.29, 1.82) is 0 Å². The van der Waals surface area contributed by atoms with Gasteiger partial charge >= 0.3 is 0 Å². The number of ether oxygens (including phenoxy) is 1. The lowest BCUT2D eigenvalue weighted by atomic mass is 10.1. The molecule has 84 valence electrons. The van der Waals surface area contributed by atoms with Gasteiger partial charge in [-0.2, -0.15) is 0 Å². The Labute approximate surface area is 92.4 Å². The number of para-hydroxylation sites is 1. The van der Waals surface area contributed by atoms with Gasteiger partial charge in [-0.3, -0.25) is 0 Å². The average molecular weight is 207 g/mol. The number of benzene rings is 1. The lowest BCUT2D eigenvalue weighted by Crippen LogP contribution is -2.15. The second-order valence-corrected chi connectivity index (χ2v) is 4.19. The van der Waals surface area contributed by atoms with Crippen LogP contribution in [0.25, 0.3) is 0 Å². The van der Waals surface area contributed by atoms with Crippen molar-refractivity contribution in [3.8, 4) is 5.75 Å². The predicted molar refractivity (Wildman–Crippen MR) is 64.3 cm³/mol. The summed E-state index contributed by atoms with van der Waals surface area (Å²) in [4.78, 5) is 0. The Morgan fingerprint density at radius 1 is 1.27 bits per heavy atom. The van der Waals surface area contributed by atoms with Crippen molar-refractivity contribution >= 4 is 0 Å². The molecule has 2 heteroatoms. The molecule has 1 unspecified atom stereocenters. The minimum Gasteiger partial charge on any atom is -0.493 e. The van der Waals surface area contributed by atoms with Crippen molar-refractivity contribution in [2.24, 2.45) is 5.73 Å². The van der Waals surface area contributed by atoms with Gasteiger partial charge in [-0.1, -0.05) is 18.2 Å². The molecular weight excluding hydrogens is 186 g/mol. The lowest BCUT2D eigenvalue weighted by molar-refractivity contribution is 0.299. The van der Waals surface area contributed by atoms with Gasteiger partial charge in [0.25, 0.3) is 0 Å². The van der Waals surface area contributed by atoms with Gasteiger partial charge in [0.05, 0.1) is 6.61 Å². The fourth-order valence-electron chi connectivity index (χ4n) is 1.61. The summed E-state index contributed by atoms with van der Waals surface area (Å²) in [6.07, 6.45) is 2.04. The normalized spacial score (nSPS) is 12.5. The maximum absolute atomic E-state index is 5.76. The van der Waals surface area contributed by atoms with Crippen molar-refractivity contribution < 1.29 is 4.74 Å². The van der Waals surface area contributed by atoms with Gasteiger partial charge < -0.3 is 10.5 Å². The molecule has 1 atom stereocenters. The zero-order valence-electron chi connectivity index (χ0n) is 9.92. The summed E-state index contributed by atoms with van der Waals surface area (Å²) in [5.41, 5.74) is 8.08. The molecule has 1 rings (SSSR count). The zero-order chi connectivity index (χ0) is 11.3. The Bertz CT molecular complexity index is 287. The molecule has 0 saturated carbocycles. The van der Waals surface area contributed by atoms with Crippen LogP contribution in [-0.2, 0) is 0 Å². The third-order valence-corrected chi connectivity index (χ3v) is 2.46. The molecule has 0 fully saturated rings. The fourth-order valence-corrected chi connectivity index (χ4v) is 1.61. The predicted octanol–water partition coefficient (Wildman–Crippen LogP) is 2.81. The standard InChI is InChI=1S/C13H21NO/c1-10-6-4-7-11(2)13(10)15-9-5-8-12(3)14/h4,6-7,12H,5,8-9,14H2,1-3H3. The molecule has 15 heavy (non-hydrogen) atoms. The van der Waals surface area contributed by atoms with Crippen LogP contribution >= 0.6 is 0 Å². The van der Waals surface area contributed by atoms with E-state index in [1.54, 1.807) is 0 Å². The van der Waals surface area contributed by atoms with E-state index < -0.39 is 0 Å². The van der Waals surface area contributed by atoms with Crippen LogP contribution in [0, 0.1) is 13.8 Å². The van der Waals surface area contributed by atoms with Gasteiger partial charge in [-0.25, -0.2) is 0 Å². The summed E-state index contributed by atoms with van der Waals surface area (Å²) in [6.45, 7) is 6.94. The topological polar surface area (TPSA) is 35.2 Å². The van der Waals surface area contributed by atoms with Gasteiger partial charge in [-0.15, -0.1) is 0 Å².